The van der Waals surface area contributed by atoms with Crippen molar-refractivity contribution in [1.29, 1.82) is 0 Å². The van der Waals surface area contributed by atoms with Gasteiger partial charge in [0.1, 0.15) is 0 Å². The van der Waals surface area contributed by atoms with Crippen molar-refractivity contribution >= 4 is 15.9 Å². The van der Waals surface area contributed by atoms with Gasteiger partial charge in [-0.05, 0) is 42.9 Å². The van der Waals surface area contributed by atoms with Crippen molar-refractivity contribution in [2.45, 2.75) is 19.3 Å². The average molecular weight is 258 g/mol. The van der Waals surface area contributed by atoms with E-state index in [9.17, 15) is 13.2 Å². The number of rotatable bonds is 4. The normalized spacial score (nSPS) is 42.3. The summed E-state index contributed by atoms with van der Waals surface area (Å²) in [5, 5.41) is 7.58. The Labute approximate surface area is 101 Å². The molecule has 3 N–H and O–H groups in total. The molecule has 0 aromatic carbocycles. The van der Waals surface area contributed by atoms with Crippen molar-refractivity contribution in [3.8, 4) is 0 Å². The van der Waals surface area contributed by atoms with E-state index in [1.807, 2.05) is 0 Å². The Morgan fingerprint density at radius 1 is 1.24 bits per heavy atom. The van der Waals surface area contributed by atoms with E-state index < -0.39 is 10.0 Å². The van der Waals surface area contributed by atoms with Crippen LogP contribution in [0, 0.1) is 29.6 Å². The van der Waals surface area contributed by atoms with Gasteiger partial charge in [-0.25, -0.2) is 13.6 Å². The highest BCUT2D eigenvalue weighted by molar-refractivity contribution is 7.89. The minimum absolute atomic E-state index is 0.0419. The minimum Gasteiger partial charge on any atom is -0.355 e. The first-order chi connectivity index (χ1) is 7.97. The van der Waals surface area contributed by atoms with Crippen LogP contribution in [-0.2, 0) is 14.8 Å². The molecule has 3 rings (SSSR count). The molecule has 4 atom stereocenters. The Balaban J connectivity index is 1.49. The minimum atomic E-state index is -3.47. The van der Waals surface area contributed by atoms with Gasteiger partial charge in [-0.15, -0.1) is 0 Å². The van der Waals surface area contributed by atoms with Crippen molar-refractivity contribution in [1.82, 2.24) is 5.32 Å². The predicted molar refractivity (Wildman–Crippen MR) is 62.3 cm³/mol. The molecule has 2 bridgehead atoms. The molecule has 0 aromatic rings. The van der Waals surface area contributed by atoms with Crippen LogP contribution in [0.15, 0.2) is 0 Å². The lowest BCUT2D eigenvalue weighted by Crippen LogP contribution is -2.33. The van der Waals surface area contributed by atoms with Crippen LogP contribution >= 0.6 is 0 Å². The zero-order valence-electron chi connectivity index (χ0n) is 9.63. The van der Waals surface area contributed by atoms with Crippen LogP contribution in [0.2, 0.25) is 0 Å². The number of primary sulfonamides is 1. The van der Waals surface area contributed by atoms with Gasteiger partial charge in [0.15, 0.2) is 0 Å². The fourth-order valence-corrected chi connectivity index (χ4v) is 4.50. The number of nitrogens with one attached hydrogen (secondary N) is 1. The Bertz CT molecular complexity index is 432. The SMILES string of the molecule is NS(=O)(=O)CCNC(=O)C1C2C3CCC(C3)C12. The quantitative estimate of drug-likeness (QED) is 0.724. The van der Waals surface area contributed by atoms with E-state index in [4.69, 9.17) is 5.14 Å². The molecule has 1 amide bonds. The Morgan fingerprint density at radius 3 is 2.35 bits per heavy atom. The van der Waals surface area contributed by atoms with Crippen molar-refractivity contribution in [2.24, 2.45) is 34.7 Å². The zero-order valence-corrected chi connectivity index (χ0v) is 10.4. The number of nitrogens with two attached hydrogens (primary N) is 1. The number of amides is 1. The molecule has 4 unspecified atom stereocenters. The van der Waals surface area contributed by atoms with Gasteiger partial charge in [-0.3, -0.25) is 4.79 Å². The number of fused-ring (bicyclic) bond motifs is 5. The molecule has 96 valence electrons. The molecule has 0 spiro atoms. The highest BCUT2D eigenvalue weighted by Gasteiger charge is 2.67. The van der Waals surface area contributed by atoms with Crippen LogP contribution in [0.3, 0.4) is 0 Å². The van der Waals surface area contributed by atoms with Crippen molar-refractivity contribution in [3.05, 3.63) is 0 Å². The van der Waals surface area contributed by atoms with Crippen LogP contribution in [-0.4, -0.2) is 26.6 Å². The summed E-state index contributed by atoms with van der Waals surface area (Å²) < 4.78 is 21.5. The second kappa shape index (κ2) is 3.68. The number of sulfonamides is 1. The molecule has 0 saturated heterocycles. The van der Waals surface area contributed by atoms with Crippen molar-refractivity contribution < 1.29 is 13.2 Å². The van der Waals surface area contributed by atoms with Gasteiger partial charge in [-0.1, -0.05) is 0 Å². The van der Waals surface area contributed by atoms with E-state index in [0.717, 1.165) is 11.8 Å². The molecule has 0 heterocycles. The third-order valence-electron chi connectivity index (χ3n) is 4.72. The molecular weight excluding hydrogens is 240 g/mol. The highest BCUT2D eigenvalue weighted by atomic mass is 32.2. The predicted octanol–water partition coefficient (Wildman–Crippen LogP) is -0.317. The first kappa shape index (κ1) is 11.5. The summed E-state index contributed by atoms with van der Waals surface area (Å²) in [7, 11) is -3.47. The third-order valence-corrected chi connectivity index (χ3v) is 5.50. The maximum Gasteiger partial charge on any atom is 0.223 e. The molecule has 0 aliphatic heterocycles. The third kappa shape index (κ3) is 1.97. The van der Waals surface area contributed by atoms with E-state index >= 15 is 0 Å². The average Bonchev–Trinajstić information content (AvgIpc) is 2.66. The summed E-state index contributed by atoms with van der Waals surface area (Å²) in [6, 6.07) is 0. The van der Waals surface area contributed by atoms with Gasteiger partial charge < -0.3 is 5.32 Å². The molecule has 5 nitrogen and oxygen atoms in total. The number of carbonyl (C=O) groups excluding carboxylic acids is 1. The van der Waals surface area contributed by atoms with E-state index in [1.54, 1.807) is 0 Å². The topological polar surface area (TPSA) is 89.3 Å². The van der Waals surface area contributed by atoms with Crippen LogP contribution in [0.1, 0.15) is 19.3 Å². The van der Waals surface area contributed by atoms with Gasteiger partial charge in [0.05, 0.1) is 5.75 Å². The molecule has 0 aromatic heterocycles. The molecule has 3 saturated carbocycles. The first-order valence-corrected chi connectivity index (χ1v) is 7.97. The maximum atomic E-state index is 11.9. The largest absolute Gasteiger partial charge is 0.355 e. The summed E-state index contributed by atoms with van der Waals surface area (Å²) in [4.78, 5) is 11.9. The summed E-state index contributed by atoms with van der Waals surface area (Å²) in [5.74, 6) is 2.76. The molecule has 3 aliphatic rings. The second-order valence-electron chi connectivity index (χ2n) is 5.67. The first-order valence-electron chi connectivity index (χ1n) is 6.25. The van der Waals surface area contributed by atoms with E-state index in [-0.39, 0.29) is 24.1 Å². The van der Waals surface area contributed by atoms with Gasteiger partial charge in [0.25, 0.3) is 0 Å². The van der Waals surface area contributed by atoms with Crippen molar-refractivity contribution in [3.63, 3.8) is 0 Å². The van der Waals surface area contributed by atoms with E-state index in [0.29, 0.717) is 11.8 Å². The Morgan fingerprint density at radius 2 is 1.82 bits per heavy atom. The Hall–Kier alpha value is -0.620. The summed E-state index contributed by atoms with van der Waals surface area (Å²) in [6.45, 7) is 0.142. The molecule has 6 heteroatoms. The molecule has 3 fully saturated rings. The van der Waals surface area contributed by atoms with Gasteiger partial charge >= 0.3 is 0 Å². The van der Waals surface area contributed by atoms with Gasteiger partial charge in [0.2, 0.25) is 15.9 Å². The summed E-state index contributed by atoms with van der Waals surface area (Å²) in [6.07, 6.45) is 3.88. The standard InChI is InChI=1S/C11H18N2O3S/c12-17(15,16)4-3-13-11(14)10-8-6-1-2-7(5-6)9(8)10/h6-10H,1-5H2,(H,13,14)(H2,12,15,16). The van der Waals surface area contributed by atoms with E-state index in [1.165, 1.54) is 19.3 Å². The lowest BCUT2D eigenvalue weighted by atomic mass is 10.0. The highest BCUT2D eigenvalue weighted by Crippen LogP contribution is 2.69. The smallest absolute Gasteiger partial charge is 0.223 e. The summed E-state index contributed by atoms with van der Waals surface area (Å²) >= 11 is 0. The maximum absolute atomic E-state index is 11.9. The lowest BCUT2D eigenvalue weighted by Gasteiger charge is -2.09. The van der Waals surface area contributed by atoms with Crippen LogP contribution in [0.25, 0.3) is 0 Å². The van der Waals surface area contributed by atoms with Gasteiger partial charge in [-0.2, -0.15) is 0 Å². The van der Waals surface area contributed by atoms with Crippen LogP contribution in [0.5, 0.6) is 0 Å². The van der Waals surface area contributed by atoms with Gasteiger partial charge in [0, 0.05) is 12.5 Å². The Kier molecular flexibility index (Phi) is 2.49. The van der Waals surface area contributed by atoms with E-state index in [2.05, 4.69) is 5.32 Å². The molecule has 3 aliphatic carbocycles. The summed E-state index contributed by atoms with van der Waals surface area (Å²) in [5.41, 5.74) is 0. The monoisotopic (exact) mass is 258 g/mol. The molecular formula is C11H18N2O3S. The molecule has 0 radical (unpaired) electrons. The molecule has 17 heavy (non-hydrogen) atoms. The fourth-order valence-electron chi connectivity index (χ4n) is 4.11. The zero-order chi connectivity index (χ0) is 12.2. The lowest BCUT2D eigenvalue weighted by molar-refractivity contribution is -0.123. The van der Waals surface area contributed by atoms with Crippen LogP contribution < -0.4 is 10.5 Å². The van der Waals surface area contributed by atoms with Crippen molar-refractivity contribution in [2.75, 3.05) is 12.3 Å². The number of hydrogen-bond donors (Lipinski definition) is 2. The number of carbonyl (C=O) groups is 1. The second-order valence-corrected chi connectivity index (χ2v) is 7.41. The number of hydrogen-bond acceptors (Lipinski definition) is 3. The van der Waals surface area contributed by atoms with Crippen LogP contribution in [0.4, 0.5) is 0 Å². The fraction of sp³-hybridized carbons (Fsp3) is 0.909.